The Morgan fingerprint density at radius 3 is 2.29 bits per heavy atom. The highest BCUT2D eigenvalue weighted by molar-refractivity contribution is 7.99. The Bertz CT molecular complexity index is 159. The van der Waals surface area contributed by atoms with E-state index in [1.807, 2.05) is 0 Å². The van der Waals surface area contributed by atoms with Crippen LogP contribution in [0.3, 0.4) is 0 Å². The van der Waals surface area contributed by atoms with Crippen molar-refractivity contribution in [2.75, 3.05) is 31.1 Å². The third-order valence-electron chi connectivity index (χ3n) is 2.68. The number of nitrogens with zero attached hydrogens (tertiary/aromatic N) is 1. The Balaban J connectivity index is 2.43. The zero-order valence-electron chi connectivity index (χ0n) is 9.75. The van der Waals surface area contributed by atoms with Crippen LogP contribution in [0.25, 0.3) is 0 Å². The molecule has 0 amide bonds. The highest BCUT2D eigenvalue weighted by Gasteiger charge is 2.24. The van der Waals surface area contributed by atoms with Crippen molar-refractivity contribution in [2.24, 2.45) is 11.1 Å². The van der Waals surface area contributed by atoms with E-state index in [9.17, 15) is 0 Å². The molecule has 2 nitrogen and oxygen atoms in total. The van der Waals surface area contributed by atoms with Crippen molar-refractivity contribution >= 4 is 11.8 Å². The minimum atomic E-state index is 0.397. The molecule has 1 aliphatic rings. The fourth-order valence-corrected chi connectivity index (χ4v) is 2.94. The molecule has 0 aromatic carbocycles. The molecule has 0 saturated carbocycles. The Kier molecular flexibility index (Phi) is 4.74. The van der Waals surface area contributed by atoms with Crippen LogP contribution < -0.4 is 5.73 Å². The Morgan fingerprint density at radius 2 is 1.86 bits per heavy atom. The van der Waals surface area contributed by atoms with E-state index in [0.717, 1.165) is 6.54 Å². The first-order valence-electron chi connectivity index (χ1n) is 5.55. The van der Waals surface area contributed by atoms with E-state index in [1.165, 1.54) is 31.0 Å². The molecule has 0 bridgehead atoms. The van der Waals surface area contributed by atoms with Crippen LogP contribution in [0.4, 0.5) is 0 Å². The Hall–Kier alpha value is 0.270. The number of hydrogen-bond donors (Lipinski definition) is 1. The first-order valence-corrected chi connectivity index (χ1v) is 6.70. The summed E-state index contributed by atoms with van der Waals surface area (Å²) in [5.41, 5.74) is 6.26. The summed E-state index contributed by atoms with van der Waals surface area (Å²) >= 11 is 2.06. The summed E-state index contributed by atoms with van der Waals surface area (Å²) in [5.74, 6) is 2.56. The molecule has 0 spiro atoms. The molecule has 1 aliphatic heterocycles. The van der Waals surface area contributed by atoms with Gasteiger partial charge in [-0.2, -0.15) is 11.8 Å². The highest BCUT2D eigenvalue weighted by Crippen LogP contribution is 2.24. The lowest BCUT2D eigenvalue weighted by atomic mass is 9.87. The number of hydrogen-bond acceptors (Lipinski definition) is 3. The zero-order chi connectivity index (χ0) is 10.6. The molecule has 1 atom stereocenters. The van der Waals surface area contributed by atoms with Gasteiger partial charge in [-0.15, -0.1) is 0 Å². The van der Waals surface area contributed by atoms with Crippen LogP contribution in [0.2, 0.25) is 0 Å². The van der Waals surface area contributed by atoms with E-state index in [4.69, 9.17) is 5.73 Å². The molecule has 2 N–H and O–H groups in total. The molecule has 1 fully saturated rings. The molecule has 0 radical (unpaired) electrons. The Morgan fingerprint density at radius 1 is 1.29 bits per heavy atom. The average molecular weight is 216 g/mol. The van der Waals surface area contributed by atoms with Gasteiger partial charge in [-0.25, -0.2) is 0 Å². The van der Waals surface area contributed by atoms with Crippen molar-refractivity contribution in [3.63, 3.8) is 0 Å². The van der Waals surface area contributed by atoms with Gasteiger partial charge in [0.2, 0.25) is 0 Å². The maximum Gasteiger partial charge on any atom is 0.0224 e. The van der Waals surface area contributed by atoms with Gasteiger partial charge in [-0.1, -0.05) is 20.8 Å². The van der Waals surface area contributed by atoms with E-state index in [2.05, 4.69) is 37.4 Å². The summed E-state index contributed by atoms with van der Waals surface area (Å²) in [6, 6.07) is 0.593. The minimum Gasteiger partial charge on any atom is -0.329 e. The monoisotopic (exact) mass is 216 g/mol. The van der Waals surface area contributed by atoms with Crippen LogP contribution in [0.1, 0.15) is 27.2 Å². The third-order valence-corrected chi connectivity index (χ3v) is 3.62. The van der Waals surface area contributed by atoms with E-state index in [0.29, 0.717) is 11.5 Å². The van der Waals surface area contributed by atoms with Gasteiger partial charge in [0.05, 0.1) is 0 Å². The van der Waals surface area contributed by atoms with Crippen LogP contribution in [-0.2, 0) is 0 Å². The van der Waals surface area contributed by atoms with Gasteiger partial charge in [0.15, 0.2) is 0 Å². The average Bonchev–Trinajstić information content (AvgIpc) is 2.14. The van der Waals surface area contributed by atoms with Gasteiger partial charge in [-0.05, 0) is 11.8 Å². The van der Waals surface area contributed by atoms with E-state index in [1.54, 1.807) is 0 Å². The van der Waals surface area contributed by atoms with Crippen LogP contribution in [-0.4, -0.2) is 42.1 Å². The lowest BCUT2D eigenvalue weighted by Gasteiger charge is -2.37. The molecule has 0 aromatic rings. The molecule has 84 valence electrons. The second-order valence-electron chi connectivity index (χ2n) is 5.30. The summed E-state index contributed by atoms with van der Waals surface area (Å²) in [6.07, 6.45) is 1.22. The smallest absolute Gasteiger partial charge is 0.0224 e. The quantitative estimate of drug-likeness (QED) is 0.780. The predicted octanol–water partition coefficient (Wildman–Crippen LogP) is 1.80. The lowest BCUT2D eigenvalue weighted by molar-refractivity contribution is 0.166. The number of nitrogens with two attached hydrogens (primary N) is 1. The fourth-order valence-electron chi connectivity index (χ4n) is 2.01. The van der Waals surface area contributed by atoms with Crippen molar-refractivity contribution < 1.29 is 0 Å². The van der Waals surface area contributed by atoms with E-state index >= 15 is 0 Å². The first-order chi connectivity index (χ1) is 6.53. The maximum absolute atomic E-state index is 5.86. The number of rotatable bonds is 3. The topological polar surface area (TPSA) is 29.3 Å². The van der Waals surface area contributed by atoms with Crippen LogP contribution in [0, 0.1) is 5.41 Å². The van der Waals surface area contributed by atoms with Gasteiger partial charge in [0, 0.05) is 37.2 Å². The second kappa shape index (κ2) is 5.38. The predicted molar refractivity (Wildman–Crippen MR) is 65.8 cm³/mol. The Labute approximate surface area is 92.6 Å². The van der Waals surface area contributed by atoms with Crippen molar-refractivity contribution in [3.05, 3.63) is 0 Å². The van der Waals surface area contributed by atoms with Gasteiger partial charge in [0.25, 0.3) is 0 Å². The lowest BCUT2D eigenvalue weighted by Crippen LogP contribution is -2.46. The largest absolute Gasteiger partial charge is 0.329 e. The molecule has 14 heavy (non-hydrogen) atoms. The van der Waals surface area contributed by atoms with Gasteiger partial charge >= 0.3 is 0 Å². The van der Waals surface area contributed by atoms with Crippen LogP contribution in [0.5, 0.6) is 0 Å². The van der Waals surface area contributed by atoms with Gasteiger partial charge < -0.3 is 5.73 Å². The molecule has 0 aromatic heterocycles. The molecule has 1 rings (SSSR count). The van der Waals surface area contributed by atoms with Crippen LogP contribution in [0.15, 0.2) is 0 Å². The summed E-state index contributed by atoms with van der Waals surface area (Å²) in [5, 5.41) is 0. The molecular weight excluding hydrogens is 192 g/mol. The van der Waals surface area contributed by atoms with Crippen molar-refractivity contribution in [1.82, 2.24) is 4.90 Å². The third kappa shape index (κ3) is 4.20. The first kappa shape index (κ1) is 12.3. The van der Waals surface area contributed by atoms with Crippen molar-refractivity contribution in [1.29, 1.82) is 0 Å². The van der Waals surface area contributed by atoms with Gasteiger partial charge in [-0.3, -0.25) is 4.90 Å². The summed E-state index contributed by atoms with van der Waals surface area (Å²) < 4.78 is 0. The molecule has 3 heteroatoms. The maximum atomic E-state index is 5.86. The van der Waals surface area contributed by atoms with E-state index in [-0.39, 0.29) is 0 Å². The second-order valence-corrected chi connectivity index (χ2v) is 6.53. The molecule has 1 saturated heterocycles. The van der Waals surface area contributed by atoms with Crippen LogP contribution >= 0.6 is 11.8 Å². The van der Waals surface area contributed by atoms with Crippen molar-refractivity contribution in [3.8, 4) is 0 Å². The summed E-state index contributed by atoms with van der Waals surface area (Å²) in [7, 11) is 0. The summed E-state index contributed by atoms with van der Waals surface area (Å²) in [6.45, 7) is 10.2. The molecular formula is C11H24N2S. The normalized spacial score (nSPS) is 22.3. The molecule has 0 aliphatic carbocycles. The minimum absolute atomic E-state index is 0.397. The standard InChI is InChI=1S/C11H24N2S/c1-11(2,3)8-10(9-12)13-4-6-14-7-5-13/h10H,4-9,12H2,1-3H3. The van der Waals surface area contributed by atoms with Crippen molar-refractivity contribution in [2.45, 2.75) is 33.2 Å². The van der Waals surface area contributed by atoms with Gasteiger partial charge in [0.1, 0.15) is 0 Å². The number of thioether (sulfide) groups is 1. The summed E-state index contributed by atoms with van der Waals surface area (Å²) in [4.78, 5) is 2.57. The SMILES string of the molecule is CC(C)(C)CC(CN)N1CCSCC1. The molecule has 1 unspecified atom stereocenters. The fraction of sp³-hybridized carbons (Fsp3) is 1.00. The van der Waals surface area contributed by atoms with E-state index < -0.39 is 0 Å². The zero-order valence-corrected chi connectivity index (χ0v) is 10.6. The molecule has 1 heterocycles. The highest BCUT2D eigenvalue weighted by atomic mass is 32.2.